The molecule has 1 aromatic rings. The predicted molar refractivity (Wildman–Crippen MR) is 99.0 cm³/mol. The van der Waals surface area contributed by atoms with Gasteiger partial charge in [0.2, 0.25) is 13.3 Å². The van der Waals surface area contributed by atoms with Crippen LogP contribution in [0.15, 0.2) is 18.2 Å². The largest absolute Gasteiger partial charge is 0.442 e. The number of rotatable bonds is 5. The highest BCUT2D eigenvalue weighted by atomic mass is 31.2. The number of nitrogens with one attached hydrogen (secondary N) is 1. The lowest BCUT2D eigenvalue weighted by Gasteiger charge is -2.28. The van der Waals surface area contributed by atoms with Crippen molar-refractivity contribution in [2.24, 2.45) is 0 Å². The van der Waals surface area contributed by atoms with Crippen molar-refractivity contribution in [2.45, 2.75) is 31.8 Å². The Kier molecular flexibility index (Phi) is 5.86. The molecule has 3 rings (SSSR count). The number of anilines is 1. The van der Waals surface area contributed by atoms with Gasteiger partial charge in [-0.15, -0.1) is 0 Å². The number of nitrogens with zero attached hydrogens (tertiary/aromatic N) is 1. The smallest absolute Gasteiger partial charge is 0.414 e. The molecule has 1 aromatic carbocycles. The molecule has 0 bridgehead atoms. The first-order chi connectivity index (χ1) is 12.8. The van der Waals surface area contributed by atoms with Crippen molar-refractivity contribution in [3.8, 4) is 0 Å². The Morgan fingerprint density at radius 1 is 1.41 bits per heavy atom. The van der Waals surface area contributed by atoms with Gasteiger partial charge in [-0.25, -0.2) is 9.18 Å². The lowest BCUT2D eigenvalue weighted by atomic mass is 9.93. The van der Waals surface area contributed by atoms with E-state index < -0.39 is 19.6 Å². The summed E-state index contributed by atoms with van der Waals surface area (Å²) in [6, 6.07) is 4.72. The fraction of sp³-hybridized carbons (Fsp3) is 0.556. The molecule has 0 aliphatic carbocycles. The van der Waals surface area contributed by atoms with Crippen molar-refractivity contribution in [1.82, 2.24) is 5.32 Å². The molecule has 1 N–H and O–H groups in total. The van der Waals surface area contributed by atoms with E-state index in [1.165, 1.54) is 25.0 Å². The summed E-state index contributed by atoms with van der Waals surface area (Å²) in [5, 5.41) is 2.60. The molecule has 0 saturated carbocycles. The van der Waals surface area contributed by atoms with Crippen LogP contribution in [0.3, 0.4) is 0 Å². The van der Waals surface area contributed by atoms with E-state index in [0.29, 0.717) is 36.4 Å². The zero-order valence-corrected chi connectivity index (χ0v) is 16.3. The lowest BCUT2D eigenvalue weighted by molar-refractivity contribution is -0.119. The van der Waals surface area contributed by atoms with Gasteiger partial charge in [0, 0.05) is 26.4 Å². The maximum Gasteiger partial charge on any atom is 0.414 e. The third-order valence-corrected chi connectivity index (χ3v) is 7.70. The van der Waals surface area contributed by atoms with Crippen LogP contribution in [0.2, 0.25) is 0 Å². The average molecular weight is 398 g/mol. The minimum absolute atomic E-state index is 0.00526. The van der Waals surface area contributed by atoms with Crippen LogP contribution in [0.5, 0.6) is 0 Å². The molecule has 7 nitrogen and oxygen atoms in total. The van der Waals surface area contributed by atoms with Gasteiger partial charge in [-0.3, -0.25) is 14.3 Å². The number of amides is 2. The van der Waals surface area contributed by atoms with Gasteiger partial charge in [-0.2, -0.15) is 0 Å². The van der Waals surface area contributed by atoms with E-state index in [-0.39, 0.29) is 30.7 Å². The highest BCUT2D eigenvalue weighted by Gasteiger charge is 2.34. The molecule has 2 amide bonds. The standard InChI is InChI=1S/C18H24FN2O5P/c1-12(22)20-10-15-11-21(18(23)26-15)14-3-4-16(17(19)9-14)13-5-7-27(24,25-2)8-6-13/h3-4,9,13,15H,5-8,10-11H2,1-2H3,(H,20,22)/t13?,15-,27?/m0/s1. The molecule has 2 heterocycles. The molecule has 0 spiro atoms. The molecule has 9 heteroatoms. The summed E-state index contributed by atoms with van der Waals surface area (Å²) < 4.78 is 37.3. The summed E-state index contributed by atoms with van der Waals surface area (Å²) >= 11 is 0. The SMILES string of the molecule is COP1(=O)CCC(c2ccc(N3C[C@H](CNC(C)=O)OC3=O)cc2F)CC1. The Labute approximate surface area is 157 Å². The third kappa shape index (κ3) is 4.50. The van der Waals surface area contributed by atoms with Crippen LogP contribution in [-0.4, -0.2) is 50.6 Å². The number of benzene rings is 1. The van der Waals surface area contributed by atoms with Crippen LogP contribution in [0, 0.1) is 5.82 Å². The van der Waals surface area contributed by atoms with Crippen LogP contribution in [0.1, 0.15) is 31.2 Å². The van der Waals surface area contributed by atoms with Gasteiger partial charge in [0.25, 0.3) is 0 Å². The van der Waals surface area contributed by atoms with Gasteiger partial charge < -0.3 is 14.6 Å². The van der Waals surface area contributed by atoms with Crippen molar-refractivity contribution in [1.29, 1.82) is 0 Å². The van der Waals surface area contributed by atoms with Crippen molar-refractivity contribution in [2.75, 3.05) is 37.4 Å². The highest BCUT2D eigenvalue weighted by Crippen LogP contribution is 2.54. The van der Waals surface area contributed by atoms with Crippen LogP contribution >= 0.6 is 7.37 Å². The second-order valence-corrected chi connectivity index (χ2v) is 9.87. The second kappa shape index (κ2) is 7.98. The quantitative estimate of drug-likeness (QED) is 0.771. The first-order valence-electron chi connectivity index (χ1n) is 8.97. The molecule has 0 unspecified atom stereocenters. The minimum atomic E-state index is -2.54. The van der Waals surface area contributed by atoms with Gasteiger partial charge >= 0.3 is 6.09 Å². The molecule has 27 heavy (non-hydrogen) atoms. The Balaban J connectivity index is 1.67. The summed E-state index contributed by atoms with van der Waals surface area (Å²) in [4.78, 5) is 24.4. The monoisotopic (exact) mass is 398 g/mol. The summed E-state index contributed by atoms with van der Waals surface area (Å²) in [7, 11) is -1.08. The summed E-state index contributed by atoms with van der Waals surface area (Å²) in [6.07, 6.45) is 1.12. The minimum Gasteiger partial charge on any atom is -0.442 e. The first kappa shape index (κ1) is 19.8. The molecule has 0 aromatic heterocycles. The van der Waals surface area contributed by atoms with Crippen LogP contribution in [-0.2, 0) is 18.6 Å². The number of carbonyl (C=O) groups is 2. The first-order valence-corrected chi connectivity index (χ1v) is 11.0. The zero-order valence-electron chi connectivity index (χ0n) is 15.4. The maximum atomic E-state index is 14.7. The third-order valence-electron chi connectivity index (χ3n) is 5.16. The van der Waals surface area contributed by atoms with E-state index in [0.717, 1.165) is 0 Å². The molecular weight excluding hydrogens is 374 g/mol. The number of ether oxygens (including phenoxy) is 1. The van der Waals surface area contributed by atoms with E-state index in [2.05, 4.69) is 5.32 Å². The Morgan fingerprint density at radius 3 is 2.70 bits per heavy atom. The number of cyclic esters (lactones) is 1. The van der Waals surface area contributed by atoms with Crippen molar-refractivity contribution in [3.63, 3.8) is 0 Å². The average Bonchev–Trinajstić information content (AvgIpc) is 3.02. The van der Waals surface area contributed by atoms with Crippen molar-refractivity contribution in [3.05, 3.63) is 29.6 Å². The molecule has 1 atom stereocenters. The predicted octanol–water partition coefficient (Wildman–Crippen LogP) is 3.09. The molecule has 2 saturated heterocycles. The van der Waals surface area contributed by atoms with E-state index in [4.69, 9.17) is 9.26 Å². The number of hydrogen-bond acceptors (Lipinski definition) is 5. The fourth-order valence-electron chi connectivity index (χ4n) is 3.57. The summed E-state index contributed by atoms with van der Waals surface area (Å²) in [5.74, 6) is -0.593. The molecule has 148 valence electrons. The number of hydrogen-bond donors (Lipinski definition) is 1. The normalized spacial score (nSPS) is 28.1. The van der Waals surface area contributed by atoms with Gasteiger partial charge in [0.1, 0.15) is 11.9 Å². The molecule has 2 aliphatic heterocycles. The van der Waals surface area contributed by atoms with E-state index >= 15 is 0 Å². The Bertz CT molecular complexity index is 775. The van der Waals surface area contributed by atoms with E-state index in [1.807, 2.05) is 0 Å². The van der Waals surface area contributed by atoms with Crippen LogP contribution < -0.4 is 10.2 Å². The molecule has 2 aliphatic rings. The topological polar surface area (TPSA) is 84.9 Å². The lowest BCUT2D eigenvalue weighted by Crippen LogP contribution is -2.33. The van der Waals surface area contributed by atoms with Crippen LogP contribution in [0.25, 0.3) is 0 Å². The summed E-state index contributed by atoms with van der Waals surface area (Å²) in [6.45, 7) is 1.86. The summed E-state index contributed by atoms with van der Waals surface area (Å²) in [5.41, 5.74) is 0.994. The van der Waals surface area contributed by atoms with Gasteiger partial charge in [-0.1, -0.05) is 6.07 Å². The van der Waals surface area contributed by atoms with Crippen LogP contribution in [0.4, 0.5) is 14.9 Å². The maximum absolute atomic E-state index is 14.7. The van der Waals surface area contributed by atoms with E-state index in [9.17, 15) is 18.5 Å². The highest BCUT2D eigenvalue weighted by molar-refractivity contribution is 7.59. The second-order valence-electron chi connectivity index (χ2n) is 6.98. The molecular formula is C18H24FN2O5P. The number of carbonyl (C=O) groups excluding carboxylic acids is 2. The Morgan fingerprint density at radius 2 is 2.11 bits per heavy atom. The fourth-order valence-corrected chi connectivity index (χ4v) is 5.56. The van der Waals surface area contributed by atoms with Gasteiger partial charge in [-0.05, 0) is 36.5 Å². The Hall–Kier alpha value is -1.92. The van der Waals surface area contributed by atoms with E-state index in [1.54, 1.807) is 12.1 Å². The van der Waals surface area contributed by atoms with Gasteiger partial charge in [0.15, 0.2) is 0 Å². The zero-order chi connectivity index (χ0) is 19.6. The van der Waals surface area contributed by atoms with Crippen molar-refractivity contribution >= 4 is 25.1 Å². The molecule has 0 radical (unpaired) electrons. The molecule has 2 fully saturated rings. The number of halogens is 1. The van der Waals surface area contributed by atoms with Gasteiger partial charge in [0.05, 0.1) is 18.8 Å². The van der Waals surface area contributed by atoms with Crippen molar-refractivity contribution < 1.29 is 27.8 Å².